The number of hydrogen-bond acceptors (Lipinski definition) is 1. The Morgan fingerprint density at radius 2 is 1.84 bits per heavy atom. The average molecular weight is 257 g/mol. The van der Waals surface area contributed by atoms with Gasteiger partial charge in [-0.3, -0.25) is 4.79 Å². The zero-order valence-corrected chi connectivity index (χ0v) is 12.1. The molecule has 1 rings (SSSR count). The molecule has 1 aromatic rings. The van der Waals surface area contributed by atoms with Crippen molar-refractivity contribution in [2.24, 2.45) is 0 Å². The molecule has 1 atom stereocenters. The molecular formula is C17H23NO. The quantitative estimate of drug-likeness (QED) is 0.777. The first kappa shape index (κ1) is 15.3. The van der Waals surface area contributed by atoms with Crippen LogP contribution in [0.5, 0.6) is 0 Å². The third-order valence-electron chi connectivity index (χ3n) is 3.77. The van der Waals surface area contributed by atoms with E-state index in [1.54, 1.807) is 0 Å². The molecule has 1 amide bonds. The van der Waals surface area contributed by atoms with Crippen molar-refractivity contribution in [2.75, 3.05) is 0 Å². The van der Waals surface area contributed by atoms with E-state index in [-0.39, 0.29) is 11.8 Å². The minimum absolute atomic E-state index is 0.0235. The normalized spacial score (nSPS) is 12.5. The van der Waals surface area contributed by atoms with E-state index in [0.717, 1.165) is 24.8 Å². The van der Waals surface area contributed by atoms with E-state index >= 15 is 0 Å². The summed E-state index contributed by atoms with van der Waals surface area (Å²) in [4.78, 5) is 12.5. The van der Waals surface area contributed by atoms with Crippen molar-refractivity contribution >= 4 is 5.91 Å². The summed E-state index contributed by atoms with van der Waals surface area (Å²) in [5.41, 5.74) is 0.528. The molecule has 2 nitrogen and oxygen atoms in total. The van der Waals surface area contributed by atoms with Gasteiger partial charge >= 0.3 is 0 Å². The summed E-state index contributed by atoms with van der Waals surface area (Å²) in [5.74, 6) is 2.64. The average Bonchev–Trinajstić information content (AvgIpc) is 2.47. The highest BCUT2D eigenvalue weighted by Crippen LogP contribution is 2.22. The molecule has 0 fully saturated rings. The first-order valence-electron chi connectivity index (χ1n) is 6.97. The Hall–Kier alpha value is -1.75. The maximum absolute atomic E-state index is 12.5. The maximum Gasteiger partial charge on any atom is 0.228 e. The van der Waals surface area contributed by atoms with Crippen molar-refractivity contribution in [1.29, 1.82) is 0 Å². The Bertz CT molecular complexity index is 440. The number of benzene rings is 1. The van der Waals surface area contributed by atoms with Crippen LogP contribution in [0.15, 0.2) is 30.3 Å². The predicted octanol–water partition coefficient (Wildman–Crippen LogP) is 3.49. The third-order valence-corrected chi connectivity index (χ3v) is 3.77. The molecule has 0 saturated carbocycles. The lowest BCUT2D eigenvalue weighted by Crippen LogP contribution is -2.48. The zero-order chi connectivity index (χ0) is 14.3. The van der Waals surface area contributed by atoms with Crippen LogP contribution in [0.3, 0.4) is 0 Å². The van der Waals surface area contributed by atoms with Gasteiger partial charge in [-0.05, 0) is 24.8 Å². The van der Waals surface area contributed by atoms with E-state index < -0.39 is 5.54 Å². The van der Waals surface area contributed by atoms with Crippen LogP contribution in [0.2, 0.25) is 0 Å². The molecule has 0 heterocycles. The van der Waals surface area contributed by atoms with Gasteiger partial charge in [-0.1, -0.05) is 57.0 Å². The molecular weight excluding hydrogens is 234 g/mol. The second-order valence-electron chi connectivity index (χ2n) is 4.79. The van der Waals surface area contributed by atoms with E-state index in [4.69, 9.17) is 6.42 Å². The number of hydrogen-bond donors (Lipinski definition) is 1. The minimum Gasteiger partial charge on any atom is -0.339 e. The SMILES string of the molecule is C#CC(CC)(CC)NC(=O)[C@@H](CC)c1ccccc1. The number of carbonyl (C=O) groups excluding carboxylic acids is 1. The molecule has 0 aliphatic rings. The Kier molecular flexibility index (Phi) is 5.63. The van der Waals surface area contributed by atoms with Crippen LogP contribution in [0.1, 0.15) is 51.5 Å². The van der Waals surface area contributed by atoms with Crippen molar-refractivity contribution in [3.05, 3.63) is 35.9 Å². The topological polar surface area (TPSA) is 29.1 Å². The van der Waals surface area contributed by atoms with Crippen molar-refractivity contribution in [2.45, 2.75) is 51.5 Å². The van der Waals surface area contributed by atoms with Crippen LogP contribution in [-0.4, -0.2) is 11.4 Å². The van der Waals surface area contributed by atoms with Gasteiger partial charge in [-0.25, -0.2) is 0 Å². The van der Waals surface area contributed by atoms with Gasteiger partial charge in [0.1, 0.15) is 5.54 Å². The van der Waals surface area contributed by atoms with Crippen molar-refractivity contribution in [3.63, 3.8) is 0 Å². The number of rotatable bonds is 6. The fourth-order valence-electron chi connectivity index (χ4n) is 2.25. The number of amides is 1. The second-order valence-corrected chi connectivity index (χ2v) is 4.79. The molecule has 0 radical (unpaired) electrons. The molecule has 19 heavy (non-hydrogen) atoms. The minimum atomic E-state index is -0.515. The molecule has 0 spiro atoms. The highest BCUT2D eigenvalue weighted by molar-refractivity contribution is 5.84. The molecule has 1 N–H and O–H groups in total. The summed E-state index contributed by atoms with van der Waals surface area (Å²) >= 11 is 0. The molecule has 0 saturated heterocycles. The van der Waals surface area contributed by atoms with Crippen LogP contribution in [0.25, 0.3) is 0 Å². The van der Waals surface area contributed by atoms with Gasteiger partial charge in [-0.15, -0.1) is 6.42 Å². The fourth-order valence-corrected chi connectivity index (χ4v) is 2.25. The second kappa shape index (κ2) is 6.99. The molecule has 1 aromatic carbocycles. The highest BCUT2D eigenvalue weighted by atomic mass is 16.2. The van der Waals surface area contributed by atoms with Crippen LogP contribution in [0.4, 0.5) is 0 Å². The largest absolute Gasteiger partial charge is 0.339 e. The Labute approximate surface area is 116 Å². The van der Waals surface area contributed by atoms with Crippen LogP contribution >= 0.6 is 0 Å². The first-order valence-corrected chi connectivity index (χ1v) is 6.97. The zero-order valence-electron chi connectivity index (χ0n) is 12.1. The highest BCUT2D eigenvalue weighted by Gasteiger charge is 2.29. The summed E-state index contributed by atoms with van der Waals surface area (Å²) in [7, 11) is 0. The molecule has 0 unspecified atom stereocenters. The first-order chi connectivity index (χ1) is 9.12. The fraction of sp³-hybridized carbons (Fsp3) is 0.471. The molecule has 2 heteroatoms. The van der Waals surface area contributed by atoms with E-state index in [1.165, 1.54) is 0 Å². The smallest absolute Gasteiger partial charge is 0.228 e. The summed E-state index contributed by atoms with van der Waals surface area (Å²) in [5, 5.41) is 3.05. The third kappa shape index (κ3) is 3.61. The lowest BCUT2D eigenvalue weighted by molar-refractivity contribution is -0.124. The van der Waals surface area contributed by atoms with E-state index in [1.807, 2.05) is 51.1 Å². The Balaban J connectivity index is 2.90. The molecule has 0 aliphatic heterocycles. The van der Waals surface area contributed by atoms with Gasteiger partial charge in [-0.2, -0.15) is 0 Å². The Morgan fingerprint density at radius 3 is 2.26 bits per heavy atom. The summed E-state index contributed by atoms with van der Waals surface area (Å²) in [6, 6.07) is 9.85. The van der Waals surface area contributed by atoms with E-state index in [0.29, 0.717) is 0 Å². The molecule has 102 valence electrons. The van der Waals surface area contributed by atoms with Crippen molar-refractivity contribution in [1.82, 2.24) is 5.32 Å². The Morgan fingerprint density at radius 1 is 1.26 bits per heavy atom. The van der Waals surface area contributed by atoms with Gasteiger partial charge in [0.05, 0.1) is 5.92 Å². The van der Waals surface area contributed by atoms with E-state index in [9.17, 15) is 4.79 Å². The summed E-state index contributed by atoms with van der Waals surface area (Å²) < 4.78 is 0. The van der Waals surface area contributed by atoms with Crippen LogP contribution in [0, 0.1) is 12.3 Å². The molecule has 0 aromatic heterocycles. The number of carbonyl (C=O) groups is 1. The maximum atomic E-state index is 12.5. The lowest BCUT2D eigenvalue weighted by atomic mass is 9.90. The van der Waals surface area contributed by atoms with Gasteiger partial charge in [0.15, 0.2) is 0 Å². The number of terminal acetylenes is 1. The number of nitrogens with one attached hydrogen (secondary N) is 1. The van der Waals surface area contributed by atoms with Crippen molar-refractivity contribution < 1.29 is 4.79 Å². The van der Waals surface area contributed by atoms with E-state index in [2.05, 4.69) is 11.2 Å². The monoisotopic (exact) mass is 257 g/mol. The van der Waals surface area contributed by atoms with Gasteiger partial charge in [0.2, 0.25) is 5.91 Å². The standard InChI is InChI=1S/C17H23NO/c1-5-15(14-12-10-9-11-13-14)16(19)18-17(6-2,7-3)8-4/h2,9-13,15H,5,7-8H2,1,3-4H3,(H,18,19)/t15-/m0/s1. The predicted molar refractivity (Wildman–Crippen MR) is 79.8 cm³/mol. The summed E-state index contributed by atoms with van der Waals surface area (Å²) in [6.45, 7) is 6.03. The van der Waals surface area contributed by atoms with Crippen LogP contribution in [-0.2, 0) is 4.79 Å². The van der Waals surface area contributed by atoms with Crippen LogP contribution < -0.4 is 5.32 Å². The van der Waals surface area contributed by atoms with Gasteiger partial charge in [0.25, 0.3) is 0 Å². The van der Waals surface area contributed by atoms with Crippen molar-refractivity contribution in [3.8, 4) is 12.3 Å². The lowest BCUT2D eigenvalue weighted by Gasteiger charge is -2.29. The molecule has 0 bridgehead atoms. The van der Waals surface area contributed by atoms with Gasteiger partial charge in [0, 0.05) is 0 Å². The van der Waals surface area contributed by atoms with Gasteiger partial charge < -0.3 is 5.32 Å². The molecule has 0 aliphatic carbocycles. The summed E-state index contributed by atoms with van der Waals surface area (Å²) in [6.07, 6.45) is 7.85.